The number of phenolic OH excluding ortho intramolecular Hbond substituents is 1. The van der Waals surface area contributed by atoms with Crippen molar-refractivity contribution >= 4 is 11.9 Å². The van der Waals surface area contributed by atoms with Gasteiger partial charge in [-0.15, -0.1) is 0 Å². The first-order valence-electron chi connectivity index (χ1n) is 13.7. The lowest BCUT2D eigenvalue weighted by Crippen LogP contribution is -2.57. The number of aromatic hydroxyl groups is 1. The van der Waals surface area contributed by atoms with Gasteiger partial charge in [0.05, 0.1) is 12.0 Å². The molecule has 2 N–H and O–H groups in total. The summed E-state index contributed by atoms with van der Waals surface area (Å²) in [7, 11) is 0. The monoisotopic (exact) mass is 505 g/mol. The average molecular weight is 506 g/mol. The van der Waals surface area contributed by atoms with E-state index >= 15 is 0 Å². The van der Waals surface area contributed by atoms with Gasteiger partial charge in [0.1, 0.15) is 5.75 Å². The van der Waals surface area contributed by atoms with Gasteiger partial charge in [-0.2, -0.15) is 0 Å². The van der Waals surface area contributed by atoms with E-state index in [4.69, 9.17) is 0 Å². The maximum Gasteiger partial charge on any atom is 0.306 e. The van der Waals surface area contributed by atoms with Crippen LogP contribution in [-0.2, 0) is 4.79 Å². The molecule has 2 aromatic rings. The van der Waals surface area contributed by atoms with Crippen LogP contribution < -0.4 is 0 Å². The van der Waals surface area contributed by atoms with Gasteiger partial charge >= 0.3 is 5.97 Å². The van der Waals surface area contributed by atoms with Crippen molar-refractivity contribution < 1.29 is 19.8 Å². The molecule has 2 aromatic carbocycles. The summed E-state index contributed by atoms with van der Waals surface area (Å²) >= 11 is 0. The van der Waals surface area contributed by atoms with E-state index in [-0.39, 0.29) is 23.6 Å². The number of carbonyl (C=O) groups is 2. The van der Waals surface area contributed by atoms with Crippen molar-refractivity contribution in [1.82, 2.24) is 14.7 Å². The Balaban J connectivity index is 1.41. The van der Waals surface area contributed by atoms with Crippen molar-refractivity contribution in [3.05, 3.63) is 65.2 Å². The molecule has 5 rings (SSSR count). The summed E-state index contributed by atoms with van der Waals surface area (Å²) in [6.07, 6.45) is 3.69. The van der Waals surface area contributed by atoms with Crippen LogP contribution >= 0.6 is 0 Å². The maximum absolute atomic E-state index is 13.4. The summed E-state index contributed by atoms with van der Waals surface area (Å²) < 4.78 is 0. The van der Waals surface area contributed by atoms with E-state index in [1.165, 1.54) is 19.4 Å². The van der Waals surface area contributed by atoms with Gasteiger partial charge < -0.3 is 15.1 Å². The highest BCUT2D eigenvalue weighted by atomic mass is 16.4. The number of carboxylic acids is 1. The van der Waals surface area contributed by atoms with Gasteiger partial charge in [-0.1, -0.05) is 24.3 Å². The van der Waals surface area contributed by atoms with Crippen LogP contribution in [0, 0.1) is 11.8 Å². The molecular weight excluding hydrogens is 466 g/mol. The zero-order valence-electron chi connectivity index (χ0n) is 21.9. The Kier molecular flexibility index (Phi) is 7.54. The molecular formula is C30H39N3O4. The average Bonchev–Trinajstić information content (AvgIpc) is 3.71. The van der Waals surface area contributed by atoms with Crippen molar-refractivity contribution in [2.45, 2.75) is 57.7 Å². The molecule has 7 heteroatoms. The van der Waals surface area contributed by atoms with E-state index in [2.05, 4.69) is 35.8 Å². The van der Waals surface area contributed by atoms with E-state index in [1.54, 1.807) is 11.0 Å². The van der Waals surface area contributed by atoms with Crippen LogP contribution in [-0.4, -0.2) is 81.6 Å². The van der Waals surface area contributed by atoms with Crippen molar-refractivity contribution in [3.63, 3.8) is 0 Å². The summed E-state index contributed by atoms with van der Waals surface area (Å²) in [5.74, 6) is -0.0948. The van der Waals surface area contributed by atoms with Crippen LogP contribution in [0.5, 0.6) is 5.75 Å². The van der Waals surface area contributed by atoms with Crippen LogP contribution in [0.15, 0.2) is 48.5 Å². The molecule has 0 radical (unpaired) electrons. The summed E-state index contributed by atoms with van der Waals surface area (Å²) in [5, 5.41) is 19.6. The van der Waals surface area contributed by atoms with Crippen molar-refractivity contribution in [1.29, 1.82) is 0 Å². The van der Waals surface area contributed by atoms with Crippen molar-refractivity contribution in [2.24, 2.45) is 11.8 Å². The first-order valence-corrected chi connectivity index (χ1v) is 13.7. The number of hydrogen-bond acceptors (Lipinski definition) is 5. The first kappa shape index (κ1) is 25.7. The van der Waals surface area contributed by atoms with E-state index in [9.17, 15) is 19.8 Å². The number of piperazine rings is 1. The number of nitrogens with zero attached hydrogens (tertiary/aromatic N) is 3. The number of piperidine rings is 1. The third kappa shape index (κ3) is 5.83. The Morgan fingerprint density at radius 1 is 0.919 bits per heavy atom. The number of hydrogen-bond donors (Lipinski definition) is 2. The Hall–Kier alpha value is -2.90. The second-order valence-electron chi connectivity index (χ2n) is 11.3. The number of carboxylic acid groups (broad SMARTS) is 1. The number of rotatable bonds is 7. The fourth-order valence-electron chi connectivity index (χ4n) is 6.10. The highest BCUT2D eigenvalue weighted by Crippen LogP contribution is 2.37. The summed E-state index contributed by atoms with van der Waals surface area (Å²) in [5.41, 5.74) is 2.68. The minimum atomic E-state index is -0.774. The van der Waals surface area contributed by atoms with Crippen LogP contribution in [0.2, 0.25) is 0 Å². The van der Waals surface area contributed by atoms with E-state index in [1.807, 2.05) is 30.3 Å². The Morgan fingerprint density at radius 2 is 1.59 bits per heavy atom. The summed E-state index contributed by atoms with van der Waals surface area (Å²) in [6.45, 7) is 8.61. The van der Waals surface area contributed by atoms with Crippen LogP contribution in [0.25, 0.3) is 0 Å². The molecule has 2 aliphatic heterocycles. The lowest BCUT2D eigenvalue weighted by molar-refractivity contribution is -0.143. The Morgan fingerprint density at radius 3 is 2.24 bits per heavy atom. The Bertz CT molecular complexity index is 1130. The van der Waals surface area contributed by atoms with Gasteiger partial charge in [-0.05, 0) is 80.8 Å². The standard InChI is InChI=1S/C30H39N3O4/c1-20-18-33(21(2)17-32(20)19-22-9-10-22)28(25-6-4-8-27(34)16-25)24-5-3-7-26(15-24)29(35)31-13-11-23(12-14-31)30(36)37/h3-8,15-16,20-23,28,34H,9-14,17-19H2,1-2H3,(H,36,37)/t20?,21-,28?/m1/s1. The molecule has 0 bridgehead atoms. The Labute approximate surface area is 219 Å². The van der Waals surface area contributed by atoms with Gasteiger partial charge in [0.15, 0.2) is 0 Å². The highest BCUT2D eigenvalue weighted by molar-refractivity contribution is 5.94. The molecule has 2 unspecified atom stereocenters. The molecule has 0 spiro atoms. The zero-order valence-corrected chi connectivity index (χ0v) is 21.9. The molecule has 2 heterocycles. The lowest BCUT2D eigenvalue weighted by atomic mass is 9.92. The molecule has 198 valence electrons. The van der Waals surface area contributed by atoms with Crippen LogP contribution in [0.1, 0.15) is 67.1 Å². The van der Waals surface area contributed by atoms with E-state index in [0.29, 0.717) is 43.6 Å². The fourth-order valence-corrected chi connectivity index (χ4v) is 6.10. The van der Waals surface area contributed by atoms with Gasteiger partial charge in [-0.25, -0.2) is 0 Å². The quantitative estimate of drug-likeness (QED) is 0.586. The second kappa shape index (κ2) is 10.8. The molecule has 37 heavy (non-hydrogen) atoms. The number of likely N-dealkylation sites (tertiary alicyclic amines) is 1. The molecule has 0 aromatic heterocycles. The van der Waals surface area contributed by atoms with Crippen LogP contribution in [0.3, 0.4) is 0 Å². The number of aliphatic carboxylic acids is 1. The molecule has 3 atom stereocenters. The highest BCUT2D eigenvalue weighted by Gasteiger charge is 2.37. The van der Waals surface area contributed by atoms with Gasteiger partial charge in [0, 0.05) is 50.4 Å². The van der Waals surface area contributed by atoms with Crippen molar-refractivity contribution in [2.75, 3.05) is 32.7 Å². The molecule has 3 aliphatic rings. The minimum Gasteiger partial charge on any atom is -0.508 e. The fraction of sp³-hybridized carbons (Fsp3) is 0.533. The maximum atomic E-state index is 13.4. The lowest BCUT2D eigenvalue weighted by Gasteiger charge is -2.48. The second-order valence-corrected chi connectivity index (χ2v) is 11.3. The third-order valence-electron chi connectivity index (χ3n) is 8.45. The zero-order chi connectivity index (χ0) is 26.1. The molecule has 3 fully saturated rings. The van der Waals surface area contributed by atoms with E-state index in [0.717, 1.165) is 30.1 Å². The van der Waals surface area contributed by atoms with Gasteiger partial charge in [0.25, 0.3) is 5.91 Å². The molecule has 1 aliphatic carbocycles. The number of carbonyl (C=O) groups excluding carboxylic acids is 1. The largest absolute Gasteiger partial charge is 0.508 e. The first-order chi connectivity index (χ1) is 17.8. The molecule has 2 saturated heterocycles. The smallest absolute Gasteiger partial charge is 0.306 e. The minimum absolute atomic E-state index is 0.0454. The number of phenols is 1. The summed E-state index contributed by atoms with van der Waals surface area (Å²) in [6, 6.07) is 16.0. The number of amides is 1. The van der Waals surface area contributed by atoms with Crippen molar-refractivity contribution in [3.8, 4) is 5.75 Å². The van der Waals surface area contributed by atoms with Crippen LogP contribution in [0.4, 0.5) is 0 Å². The predicted molar refractivity (Wildman–Crippen MR) is 143 cm³/mol. The third-order valence-corrected chi connectivity index (χ3v) is 8.45. The predicted octanol–water partition coefficient (Wildman–Crippen LogP) is 4.22. The molecule has 7 nitrogen and oxygen atoms in total. The molecule has 1 amide bonds. The van der Waals surface area contributed by atoms with Gasteiger partial charge in [0.2, 0.25) is 0 Å². The molecule has 1 saturated carbocycles. The van der Waals surface area contributed by atoms with E-state index < -0.39 is 5.97 Å². The van der Waals surface area contributed by atoms with Gasteiger partial charge in [-0.3, -0.25) is 19.4 Å². The normalized spacial score (nSPS) is 24.6. The number of benzene rings is 2. The SMILES string of the molecule is CC1CN(C(c2cccc(O)c2)c2cccc(C(=O)N3CCC(C(=O)O)CC3)c2)[C@H](C)CN1CC1CC1. The topological polar surface area (TPSA) is 84.3 Å². The summed E-state index contributed by atoms with van der Waals surface area (Å²) in [4.78, 5) is 31.7.